The van der Waals surface area contributed by atoms with Crippen LogP contribution in [0.3, 0.4) is 0 Å². The number of nitrogens with two attached hydrogens (primary N) is 1. The standard InChI is InChI=1S/C15H22N4O/c1-3-9-17-15(2,14(16)20)8-10-19-13-7-5-4-6-12(13)11-18-19/h4-7,11,17H,3,8-10H2,1-2H3,(H2,16,20). The summed E-state index contributed by atoms with van der Waals surface area (Å²) in [4.78, 5) is 11.7. The minimum absolute atomic E-state index is 0.317. The summed E-state index contributed by atoms with van der Waals surface area (Å²) in [5.41, 5.74) is 5.92. The second-order valence-corrected chi connectivity index (χ2v) is 5.30. The maximum Gasteiger partial charge on any atom is 0.237 e. The Bertz CT molecular complexity index is 592. The number of primary amides is 1. The fourth-order valence-electron chi connectivity index (χ4n) is 2.23. The van der Waals surface area contributed by atoms with Gasteiger partial charge in [0.15, 0.2) is 0 Å². The first-order valence-corrected chi connectivity index (χ1v) is 7.02. The Labute approximate surface area is 119 Å². The largest absolute Gasteiger partial charge is 0.368 e. The average Bonchev–Trinajstić information content (AvgIpc) is 2.86. The number of fused-ring (bicyclic) bond motifs is 1. The molecule has 2 rings (SSSR count). The van der Waals surface area contributed by atoms with Gasteiger partial charge < -0.3 is 11.1 Å². The summed E-state index contributed by atoms with van der Waals surface area (Å²) in [6, 6.07) is 8.04. The van der Waals surface area contributed by atoms with Crippen LogP contribution in [0.4, 0.5) is 0 Å². The zero-order chi connectivity index (χ0) is 14.6. The highest BCUT2D eigenvalue weighted by Crippen LogP contribution is 2.16. The molecule has 1 atom stereocenters. The number of nitrogens with zero attached hydrogens (tertiary/aromatic N) is 2. The molecule has 108 valence electrons. The number of carbonyl (C=O) groups excluding carboxylic acids is 1. The van der Waals surface area contributed by atoms with Gasteiger partial charge in [0.1, 0.15) is 0 Å². The van der Waals surface area contributed by atoms with Crippen LogP contribution in [0, 0.1) is 0 Å². The van der Waals surface area contributed by atoms with E-state index < -0.39 is 5.54 Å². The molecule has 1 aromatic heterocycles. The number of hydrogen-bond donors (Lipinski definition) is 2. The SMILES string of the molecule is CCCNC(C)(CCn1ncc2ccccc21)C(N)=O. The Hall–Kier alpha value is -1.88. The van der Waals surface area contributed by atoms with E-state index in [9.17, 15) is 4.79 Å². The van der Waals surface area contributed by atoms with Crippen LogP contribution in [0.1, 0.15) is 26.7 Å². The molecular weight excluding hydrogens is 252 g/mol. The van der Waals surface area contributed by atoms with Gasteiger partial charge in [0.2, 0.25) is 5.91 Å². The number of aromatic nitrogens is 2. The van der Waals surface area contributed by atoms with E-state index in [0.29, 0.717) is 13.0 Å². The van der Waals surface area contributed by atoms with E-state index in [4.69, 9.17) is 5.73 Å². The first-order valence-electron chi connectivity index (χ1n) is 7.02. The minimum atomic E-state index is -0.691. The van der Waals surface area contributed by atoms with Crippen molar-refractivity contribution in [2.75, 3.05) is 6.54 Å². The molecule has 0 spiro atoms. The van der Waals surface area contributed by atoms with Crippen molar-refractivity contribution in [2.45, 2.75) is 38.8 Å². The summed E-state index contributed by atoms with van der Waals surface area (Å²) in [5.74, 6) is -0.317. The zero-order valence-electron chi connectivity index (χ0n) is 12.1. The molecule has 5 heteroatoms. The van der Waals surface area contributed by atoms with Gasteiger partial charge in [0.05, 0.1) is 17.3 Å². The highest BCUT2D eigenvalue weighted by atomic mass is 16.1. The molecule has 0 radical (unpaired) electrons. The number of hydrogen-bond acceptors (Lipinski definition) is 3. The number of nitrogens with one attached hydrogen (secondary N) is 1. The molecule has 0 bridgehead atoms. The molecule has 0 aliphatic carbocycles. The van der Waals surface area contributed by atoms with Crippen molar-refractivity contribution in [3.8, 4) is 0 Å². The first-order chi connectivity index (χ1) is 9.57. The van der Waals surface area contributed by atoms with Gasteiger partial charge in [-0.25, -0.2) is 0 Å². The average molecular weight is 274 g/mol. The maximum absolute atomic E-state index is 11.7. The molecule has 1 unspecified atom stereocenters. The molecule has 0 aliphatic rings. The van der Waals surface area contributed by atoms with Gasteiger partial charge in [-0.15, -0.1) is 0 Å². The molecule has 0 fully saturated rings. The Balaban J connectivity index is 2.11. The summed E-state index contributed by atoms with van der Waals surface area (Å²) < 4.78 is 1.92. The summed E-state index contributed by atoms with van der Waals surface area (Å²) in [6.07, 6.45) is 3.43. The molecule has 2 aromatic rings. The Morgan fingerprint density at radius 3 is 2.90 bits per heavy atom. The van der Waals surface area contributed by atoms with Crippen molar-refractivity contribution >= 4 is 16.8 Å². The molecule has 5 nitrogen and oxygen atoms in total. The monoisotopic (exact) mass is 274 g/mol. The number of para-hydroxylation sites is 1. The lowest BCUT2D eigenvalue weighted by molar-refractivity contribution is -0.124. The van der Waals surface area contributed by atoms with Crippen molar-refractivity contribution < 1.29 is 4.79 Å². The molecule has 20 heavy (non-hydrogen) atoms. The third-order valence-electron chi connectivity index (χ3n) is 3.68. The van der Waals surface area contributed by atoms with Crippen molar-refractivity contribution in [2.24, 2.45) is 5.73 Å². The van der Waals surface area contributed by atoms with Crippen LogP contribution < -0.4 is 11.1 Å². The number of aryl methyl sites for hydroxylation is 1. The van der Waals surface area contributed by atoms with Gasteiger partial charge in [-0.3, -0.25) is 9.48 Å². The molecule has 1 aromatic carbocycles. The van der Waals surface area contributed by atoms with E-state index in [2.05, 4.69) is 17.3 Å². The molecule has 1 amide bonds. The van der Waals surface area contributed by atoms with E-state index in [1.165, 1.54) is 0 Å². The lowest BCUT2D eigenvalue weighted by Crippen LogP contribution is -2.53. The number of carbonyl (C=O) groups is 1. The minimum Gasteiger partial charge on any atom is -0.368 e. The number of amides is 1. The molecule has 3 N–H and O–H groups in total. The Kier molecular flexibility index (Phi) is 4.39. The number of benzene rings is 1. The van der Waals surface area contributed by atoms with Gasteiger partial charge in [-0.2, -0.15) is 5.10 Å². The Morgan fingerprint density at radius 1 is 1.45 bits per heavy atom. The van der Waals surface area contributed by atoms with Crippen LogP contribution in [0.5, 0.6) is 0 Å². The smallest absolute Gasteiger partial charge is 0.237 e. The van der Waals surface area contributed by atoms with E-state index in [1.54, 1.807) is 0 Å². The van der Waals surface area contributed by atoms with Crippen LogP contribution in [-0.4, -0.2) is 27.8 Å². The van der Waals surface area contributed by atoms with Crippen LogP contribution in [0.2, 0.25) is 0 Å². The maximum atomic E-state index is 11.7. The molecular formula is C15H22N4O. The highest BCUT2D eigenvalue weighted by Gasteiger charge is 2.29. The van der Waals surface area contributed by atoms with Crippen molar-refractivity contribution in [1.82, 2.24) is 15.1 Å². The fourth-order valence-corrected chi connectivity index (χ4v) is 2.23. The second-order valence-electron chi connectivity index (χ2n) is 5.30. The van der Waals surface area contributed by atoms with Gasteiger partial charge in [-0.05, 0) is 32.4 Å². The zero-order valence-corrected chi connectivity index (χ0v) is 12.1. The predicted octanol–water partition coefficient (Wildman–Crippen LogP) is 1.67. The van der Waals surface area contributed by atoms with Gasteiger partial charge in [0.25, 0.3) is 0 Å². The molecule has 0 saturated heterocycles. The fraction of sp³-hybridized carbons (Fsp3) is 0.467. The van der Waals surface area contributed by atoms with Crippen LogP contribution in [0.15, 0.2) is 30.5 Å². The predicted molar refractivity (Wildman–Crippen MR) is 80.2 cm³/mol. The van der Waals surface area contributed by atoms with Crippen LogP contribution in [0.25, 0.3) is 10.9 Å². The lowest BCUT2D eigenvalue weighted by Gasteiger charge is -2.27. The van der Waals surface area contributed by atoms with Gasteiger partial charge in [0, 0.05) is 11.9 Å². The van der Waals surface area contributed by atoms with E-state index in [1.807, 2.05) is 42.1 Å². The van der Waals surface area contributed by atoms with E-state index >= 15 is 0 Å². The first kappa shape index (κ1) is 14.5. The summed E-state index contributed by atoms with van der Waals surface area (Å²) in [7, 11) is 0. The normalized spacial score (nSPS) is 14.3. The van der Waals surface area contributed by atoms with E-state index in [0.717, 1.165) is 23.9 Å². The molecule has 0 aliphatic heterocycles. The van der Waals surface area contributed by atoms with Gasteiger partial charge in [-0.1, -0.05) is 25.1 Å². The third kappa shape index (κ3) is 2.99. The van der Waals surface area contributed by atoms with E-state index in [-0.39, 0.29) is 5.91 Å². The Morgan fingerprint density at radius 2 is 2.20 bits per heavy atom. The third-order valence-corrected chi connectivity index (χ3v) is 3.68. The quantitative estimate of drug-likeness (QED) is 0.806. The number of rotatable bonds is 7. The lowest BCUT2D eigenvalue weighted by atomic mass is 9.96. The van der Waals surface area contributed by atoms with Crippen molar-refractivity contribution in [3.05, 3.63) is 30.5 Å². The topological polar surface area (TPSA) is 72.9 Å². The summed E-state index contributed by atoms with van der Waals surface area (Å²) in [6.45, 7) is 5.36. The van der Waals surface area contributed by atoms with Crippen LogP contribution in [-0.2, 0) is 11.3 Å². The van der Waals surface area contributed by atoms with Crippen LogP contribution >= 0.6 is 0 Å². The van der Waals surface area contributed by atoms with Gasteiger partial charge >= 0.3 is 0 Å². The second kappa shape index (κ2) is 6.05. The van der Waals surface area contributed by atoms with Crippen molar-refractivity contribution in [1.29, 1.82) is 0 Å². The summed E-state index contributed by atoms with van der Waals surface area (Å²) in [5, 5.41) is 8.72. The molecule has 0 saturated carbocycles. The van der Waals surface area contributed by atoms with Crippen molar-refractivity contribution in [3.63, 3.8) is 0 Å². The highest BCUT2D eigenvalue weighted by molar-refractivity contribution is 5.84. The molecule has 1 heterocycles. The summed E-state index contributed by atoms with van der Waals surface area (Å²) >= 11 is 0.